The highest BCUT2D eigenvalue weighted by molar-refractivity contribution is 7.99. The molecule has 160 valence electrons. The molecular weight excluding hydrogens is 382 g/mol. The molecule has 2 unspecified atom stereocenters. The summed E-state index contributed by atoms with van der Waals surface area (Å²) in [5, 5.41) is -0.113. The molecule has 0 bridgehead atoms. The zero-order valence-electron chi connectivity index (χ0n) is 18.3. The SMILES string of the molecule is CCCOC(=O)C1CSC(c2ccc(C(C)(C)C)cc2)N1C(=O)C1CCCCC1. The number of carbonyl (C=O) groups is 2. The highest BCUT2D eigenvalue weighted by Crippen LogP contribution is 2.44. The molecule has 1 aliphatic heterocycles. The summed E-state index contributed by atoms with van der Waals surface area (Å²) in [6.07, 6.45) is 6.08. The van der Waals surface area contributed by atoms with Crippen LogP contribution in [0.15, 0.2) is 24.3 Å². The number of hydrogen-bond acceptors (Lipinski definition) is 4. The Labute approximate surface area is 179 Å². The van der Waals surface area contributed by atoms with Crippen molar-refractivity contribution in [2.45, 2.75) is 83.1 Å². The fraction of sp³-hybridized carbons (Fsp3) is 0.667. The Balaban J connectivity index is 1.86. The summed E-state index contributed by atoms with van der Waals surface area (Å²) in [6.45, 7) is 9.00. The van der Waals surface area contributed by atoms with E-state index in [1.165, 1.54) is 12.0 Å². The third kappa shape index (κ3) is 5.17. The van der Waals surface area contributed by atoms with Gasteiger partial charge in [-0.05, 0) is 35.8 Å². The zero-order valence-corrected chi connectivity index (χ0v) is 19.1. The van der Waals surface area contributed by atoms with Gasteiger partial charge >= 0.3 is 5.97 Å². The molecule has 1 heterocycles. The maximum absolute atomic E-state index is 13.5. The fourth-order valence-corrected chi connectivity index (χ4v) is 5.64. The highest BCUT2D eigenvalue weighted by atomic mass is 32.2. The predicted molar refractivity (Wildman–Crippen MR) is 119 cm³/mol. The van der Waals surface area contributed by atoms with E-state index in [4.69, 9.17) is 4.74 Å². The largest absolute Gasteiger partial charge is 0.464 e. The lowest BCUT2D eigenvalue weighted by Crippen LogP contribution is -2.46. The van der Waals surface area contributed by atoms with Gasteiger partial charge in [0.15, 0.2) is 0 Å². The Kier molecular flexibility index (Phi) is 7.31. The molecule has 1 aliphatic carbocycles. The average Bonchev–Trinajstić information content (AvgIpc) is 3.16. The number of benzene rings is 1. The van der Waals surface area contributed by atoms with E-state index in [1.807, 2.05) is 11.8 Å². The van der Waals surface area contributed by atoms with Crippen molar-refractivity contribution in [3.05, 3.63) is 35.4 Å². The normalized spacial score (nSPS) is 23.2. The molecule has 5 heteroatoms. The molecule has 1 saturated carbocycles. The molecule has 2 aliphatic rings. The molecular formula is C24H35NO3S. The lowest BCUT2D eigenvalue weighted by Gasteiger charge is -2.33. The van der Waals surface area contributed by atoms with Crippen LogP contribution in [0.5, 0.6) is 0 Å². The van der Waals surface area contributed by atoms with Gasteiger partial charge in [-0.25, -0.2) is 4.79 Å². The molecule has 1 saturated heterocycles. The van der Waals surface area contributed by atoms with Gasteiger partial charge in [0.1, 0.15) is 11.4 Å². The van der Waals surface area contributed by atoms with Gasteiger partial charge in [0.2, 0.25) is 5.91 Å². The first-order valence-corrected chi connectivity index (χ1v) is 12.1. The van der Waals surface area contributed by atoms with E-state index in [0.717, 1.165) is 37.7 Å². The van der Waals surface area contributed by atoms with E-state index in [0.29, 0.717) is 12.4 Å². The Morgan fingerprint density at radius 3 is 2.34 bits per heavy atom. The molecule has 29 heavy (non-hydrogen) atoms. The quantitative estimate of drug-likeness (QED) is 0.597. The summed E-state index contributed by atoms with van der Waals surface area (Å²) in [5.41, 5.74) is 2.46. The Morgan fingerprint density at radius 2 is 1.76 bits per heavy atom. The molecule has 2 atom stereocenters. The van der Waals surface area contributed by atoms with Crippen molar-refractivity contribution in [2.75, 3.05) is 12.4 Å². The zero-order chi connectivity index (χ0) is 21.0. The van der Waals surface area contributed by atoms with E-state index in [9.17, 15) is 9.59 Å². The monoisotopic (exact) mass is 417 g/mol. The van der Waals surface area contributed by atoms with Crippen LogP contribution < -0.4 is 0 Å². The minimum absolute atomic E-state index is 0.0419. The lowest BCUT2D eigenvalue weighted by atomic mass is 9.86. The third-order valence-corrected chi connectivity index (χ3v) is 7.31. The molecule has 1 amide bonds. The highest BCUT2D eigenvalue weighted by Gasteiger charge is 2.45. The molecule has 3 rings (SSSR count). The first-order valence-electron chi connectivity index (χ1n) is 11.0. The fourth-order valence-electron chi connectivity index (χ4n) is 4.22. The second kappa shape index (κ2) is 9.55. The van der Waals surface area contributed by atoms with E-state index in [1.54, 1.807) is 11.8 Å². The van der Waals surface area contributed by atoms with Crippen LogP contribution in [0, 0.1) is 5.92 Å². The van der Waals surface area contributed by atoms with Gasteiger partial charge in [-0.3, -0.25) is 4.79 Å². The van der Waals surface area contributed by atoms with Crippen LogP contribution in [-0.2, 0) is 19.7 Å². The van der Waals surface area contributed by atoms with E-state index in [-0.39, 0.29) is 28.6 Å². The van der Waals surface area contributed by atoms with Gasteiger partial charge in [-0.1, -0.05) is 71.2 Å². The molecule has 0 aromatic heterocycles. The van der Waals surface area contributed by atoms with Crippen molar-refractivity contribution in [3.8, 4) is 0 Å². The lowest BCUT2D eigenvalue weighted by molar-refractivity contribution is -0.156. The number of amides is 1. The van der Waals surface area contributed by atoms with E-state index in [2.05, 4.69) is 45.0 Å². The Bertz CT molecular complexity index is 704. The van der Waals surface area contributed by atoms with Crippen molar-refractivity contribution in [1.29, 1.82) is 0 Å². The van der Waals surface area contributed by atoms with Crippen molar-refractivity contribution in [3.63, 3.8) is 0 Å². The molecule has 0 spiro atoms. The Morgan fingerprint density at radius 1 is 1.10 bits per heavy atom. The topological polar surface area (TPSA) is 46.6 Å². The van der Waals surface area contributed by atoms with Crippen molar-refractivity contribution >= 4 is 23.6 Å². The number of carbonyl (C=O) groups excluding carboxylic acids is 2. The number of thioether (sulfide) groups is 1. The van der Waals surface area contributed by atoms with Gasteiger partial charge in [0.05, 0.1) is 6.61 Å². The maximum Gasteiger partial charge on any atom is 0.329 e. The number of hydrogen-bond donors (Lipinski definition) is 0. The average molecular weight is 418 g/mol. The van der Waals surface area contributed by atoms with Crippen molar-refractivity contribution in [1.82, 2.24) is 4.90 Å². The van der Waals surface area contributed by atoms with Crippen molar-refractivity contribution < 1.29 is 14.3 Å². The van der Waals surface area contributed by atoms with E-state index < -0.39 is 6.04 Å². The second-order valence-corrected chi connectivity index (χ2v) is 10.4. The van der Waals surface area contributed by atoms with Gasteiger partial charge in [-0.2, -0.15) is 0 Å². The third-order valence-electron chi connectivity index (χ3n) is 5.99. The second-order valence-electron chi connectivity index (χ2n) is 9.32. The smallest absolute Gasteiger partial charge is 0.329 e. The summed E-state index contributed by atoms with van der Waals surface area (Å²) in [7, 11) is 0. The first kappa shape index (κ1) is 22.2. The van der Waals surface area contributed by atoms with Crippen molar-refractivity contribution in [2.24, 2.45) is 5.92 Å². The minimum Gasteiger partial charge on any atom is -0.464 e. The molecule has 1 aromatic rings. The first-order chi connectivity index (χ1) is 13.8. The summed E-state index contributed by atoms with van der Waals surface area (Å²) in [5.74, 6) is 0.530. The Hall–Kier alpha value is -1.49. The van der Waals surface area contributed by atoms with Crippen LogP contribution in [0.2, 0.25) is 0 Å². The van der Waals surface area contributed by atoms with Gasteiger partial charge < -0.3 is 9.64 Å². The molecule has 2 fully saturated rings. The number of rotatable bonds is 5. The van der Waals surface area contributed by atoms with Gasteiger partial charge in [-0.15, -0.1) is 11.8 Å². The van der Waals surface area contributed by atoms with E-state index >= 15 is 0 Å². The maximum atomic E-state index is 13.5. The van der Waals surface area contributed by atoms with Crippen LogP contribution in [0.1, 0.15) is 82.7 Å². The number of ether oxygens (including phenoxy) is 1. The molecule has 0 radical (unpaired) electrons. The predicted octanol–water partition coefficient (Wildman–Crippen LogP) is 5.46. The molecule has 4 nitrogen and oxygen atoms in total. The summed E-state index contributed by atoms with van der Waals surface area (Å²) in [4.78, 5) is 28.1. The minimum atomic E-state index is -0.478. The van der Waals surface area contributed by atoms with Crippen LogP contribution in [0.3, 0.4) is 0 Å². The summed E-state index contributed by atoms with van der Waals surface area (Å²) in [6, 6.07) is 8.08. The molecule has 0 N–H and O–H groups in total. The van der Waals surface area contributed by atoms with Gasteiger partial charge in [0.25, 0.3) is 0 Å². The van der Waals surface area contributed by atoms with Gasteiger partial charge in [0, 0.05) is 11.7 Å². The number of nitrogens with zero attached hydrogens (tertiary/aromatic N) is 1. The van der Waals surface area contributed by atoms with Crippen LogP contribution in [0.25, 0.3) is 0 Å². The van der Waals surface area contributed by atoms with Crippen LogP contribution in [0.4, 0.5) is 0 Å². The summed E-state index contributed by atoms with van der Waals surface area (Å²) < 4.78 is 5.44. The van der Waals surface area contributed by atoms with Crippen LogP contribution in [-0.4, -0.2) is 35.2 Å². The number of esters is 1. The standard InChI is InChI=1S/C24H35NO3S/c1-5-15-28-23(27)20-16-29-22(18-11-13-19(14-12-18)24(2,3)4)25(20)21(26)17-9-7-6-8-10-17/h11-14,17,20,22H,5-10,15-16H2,1-4H3. The summed E-state index contributed by atoms with van der Waals surface area (Å²) >= 11 is 1.68. The molecule has 1 aromatic carbocycles. The van der Waals surface area contributed by atoms with Crippen LogP contribution >= 0.6 is 11.8 Å².